The quantitative estimate of drug-likeness (QED) is 0.262. The molecule has 2 aliphatic rings. The van der Waals surface area contributed by atoms with E-state index in [0.717, 1.165) is 72.2 Å². The number of hydrogen-bond acceptors (Lipinski definition) is 9. The molecule has 0 bridgehead atoms. The molecule has 1 fully saturated rings. The standard InChI is InChI=1S/C33H41ClN2O7/c1-23-25(4-3-5-27(23)24-6-7-29-32(17-24)42-15-14-41-29)20-43-31-18-30(40-13-10-36-8-11-39-12-9-36)26(16-28(31)34)19-35-33(2,21-37)22-38/h3-7,16-18,35,37-38H,8-15,19-22H2,1-2H3. The van der Waals surface area contributed by atoms with E-state index in [9.17, 15) is 10.2 Å². The largest absolute Gasteiger partial charge is 0.492 e. The van der Waals surface area contributed by atoms with Crippen LogP contribution in [0.3, 0.4) is 0 Å². The first-order valence-corrected chi connectivity index (χ1v) is 15.1. The molecule has 3 aromatic carbocycles. The van der Waals surface area contributed by atoms with Crippen LogP contribution in [0.4, 0.5) is 0 Å². The van der Waals surface area contributed by atoms with Crippen molar-refractivity contribution in [2.45, 2.75) is 32.5 Å². The molecule has 3 N–H and O–H groups in total. The van der Waals surface area contributed by atoms with Crippen molar-refractivity contribution >= 4 is 11.6 Å². The van der Waals surface area contributed by atoms with Gasteiger partial charge >= 0.3 is 0 Å². The first kappa shape index (κ1) is 31.4. The number of nitrogens with one attached hydrogen (secondary N) is 1. The van der Waals surface area contributed by atoms with Crippen LogP contribution in [0.15, 0.2) is 48.5 Å². The number of morpholine rings is 1. The average Bonchev–Trinajstić information content (AvgIpc) is 3.04. The van der Waals surface area contributed by atoms with Crippen LogP contribution >= 0.6 is 11.6 Å². The fourth-order valence-electron chi connectivity index (χ4n) is 5.06. The molecule has 0 spiro atoms. The molecule has 1 saturated heterocycles. The third kappa shape index (κ3) is 7.92. The SMILES string of the molecule is Cc1c(COc2cc(OCCN3CCOCC3)c(CNC(C)(CO)CO)cc2Cl)cccc1-c1ccc2c(c1)OCCO2. The second kappa shape index (κ2) is 14.6. The molecule has 9 nitrogen and oxygen atoms in total. The molecule has 5 rings (SSSR count). The van der Waals surface area contributed by atoms with Crippen LogP contribution in [0.2, 0.25) is 5.02 Å². The molecule has 0 amide bonds. The lowest BCUT2D eigenvalue weighted by atomic mass is 9.96. The number of aliphatic hydroxyl groups excluding tert-OH is 2. The van der Waals surface area contributed by atoms with Crippen molar-refractivity contribution in [1.29, 1.82) is 0 Å². The van der Waals surface area contributed by atoms with Gasteiger partial charge in [-0.05, 0) is 54.3 Å². The zero-order valence-electron chi connectivity index (χ0n) is 24.9. The molecule has 10 heteroatoms. The van der Waals surface area contributed by atoms with E-state index < -0.39 is 5.54 Å². The molecule has 3 aromatic rings. The smallest absolute Gasteiger partial charge is 0.161 e. The molecule has 0 unspecified atom stereocenters. The van der Waals surface area contributed by atoms with Crippen molar-refractivity contribution in [3.05, 3.63) is 70.2 Å². The van der Waals surface area contributed by atoms with E-state index in [-0.39, 0.29) is 13.2 Å². The molecule has 2 aliphatic heterocycles. The maximum atomic E-state index is 9.73. The normalized spacial score (nSPS) is 15.4. The van der Waals surface area contributed by atoms with E-state index in [4.69, 9.17) is 35.3 Å². The maximum Gasteiger partial charge on any atom is 0.161 e. The van der Waals surface area contributed by atoms with E-state index in [1.807, 2.05) is 42.5 Å². The monoisotopic (exact) mass is 612 g/mol. The Labute approximate surface area is 258 Å². The fourth-order valence-corrected chi connectivity index (χ4v) is 5.30. The van der Waals surface area contributed by atoms with Gasteiger partial charge in [-0.2, -0.15) is 0 Å². The van der Waals surface area contributed by atoms with Crippen LogP contribution in [0, 0.1) is 6.92 Å². The molecule has 0 saturated carbocycles. The summed E-state index contributed by atoms with van der Waals surface area (Å²) in [5.74, 6) is 2.68. The summed E-state index contributed by atoms with van der Waals surface area (Å²) >= 11 is 6.72. The molecule has 0 aromatic heterocycles. The molecule has 0 aliphatic carbocycles. The van der Waals surface area contributed by atoms with Crippen LogP contribution in [0.25, 0.3) is 11.1 Å². The van der Waals surface area contributed by atoms with Crippen LogP contribution in [-0.2, 0) is 17.9 Å². The number of rotatable bonds is 13. The van der Waals surface area contributed by atoms with Gasteiger partial charge in [0.1, 0.15) is 37.9 Å². The van der Waals surface area contributed by atoms with Crippen LogP contribution in [0.5, 0.6) is 23.0 Å². The summed E-state index contributed by atoms with van der Waals surface area (Å²) in [5.41, 5.74) is 4.24. The predicted molar refractivity (Wildman–Crippen MR) is 166 cm³/mol. The molecular formula is C33H41ClN2O7. The second-order valence-electron chi connectivity index (χ2n) is 11.2. The lowest BCUT2D eigenvalue weighted by Crippen LogP contribution is -2.48. The van der Waals surface area contributed by atoms with Crippen molar-refractivity contribution in [1.82, 2.24) is 10.2 Å². The summed E-state index contributed by atoms with van der Waals surface area (Å²) < 4.78 is 29.5. The molecule has 2 heterocycles. The zero-order chi connectivity index (χ0) is 30.2. The van der Waals surface area contributed by atoms with Gasteiger partial charge in [0.05, 0.1) is 37.0 Å². The highest BCUT2D eigenvalue weighted by Crippen LogP contribution is 2.37. The minimum Gasteiger partial charge on any atom is -0.492 e. The van der Waals surface area contributed by atoms with Gasteiger partial charge < -0.3 is 39.2 Å². The minimum absolute atomic E-state index is 0.212. The van der Waals surface area contributed by atoms with Gasteiger partial charge in [-0.15, -0.1) is 0 Å². The number of halogens is 1. The summed E-state index contributed by atoms with van der Waals surface area (Å²) in [4.78, 5) is 2.31. The van der Waals surface area contributed by atoms with Gasteiger partial charge in [-0.1, -0.05) is 35.9 Å². The van der Waals surface area contributed by atoms with Gasteiger partial charge in [0.2, 0.25) is 0 Å². The van der Waals surface area contributed by atoms with E-state index in [1.54, 1.807) is 6.92 Å². The number of fused-ring (bicyclic) bond motifs is 1. The highest BCUT2D eigenvalue weighted by atomic mass is 35.5. The summed E-state index contributed by atoms with van der Waals surface area (Å²) in [6.07, 6.45) is 0. The predicted octanol–water partition coefficient (Wildman–Crippen LogP) is 4.21. The van der Waals surface area contributed by atoms with Gasteiger partial charge in [0.25, 0.3) is 0 Å². The number of benzene rings is 3. The maximum absolute atomic E-state index is 9.73. The first-order chi connectivity index (χ1) is 20.9. The summed E-state index contributed by atoms with van der Waals surface area (Å²) in [7, 11) is 0. The highest BCUT2D eigenvalue weighted by molar-refractivity contribution is 6.32. The minimum atomic E-state index is -0.841. The summed E-state index contributed by atoms with van der Waals surface area (Å²) in [5, 5.41) is 23.1. The Hall–Kier alpha value is -3.05. The van der Waals surface area contributed by atoms with Crippen molar-refractivity contribution in [2.24, 2.45) is 0 Å². The Balaban J connectivity index is 1.32. The Kier molecular flexibility index (Phi) is 10.7. The third-order valence-electron chi connectivity index (χ3n) is 7.97. The number of hydrogen-bond donors (Lipinski definition) is 3. The van der Waals surface area contributed by atoms with Gasteiger partial charge in [-0.25, -0.2) is 0 Å². The number of aliphatic hydroxyl groups is 2. The zero-order valence-corrected chi connectivity index (χ0v) is 25.6. The molecule has 0 radical (unpaired) electrons. The fraction of sp³-hybridized carbons (Fsp3) is 0.455. The third-order valence-corrected chi connectivity index (χ3v) is 8.27. The molecule has 43 heavy (non-hydrogen) atoms. The van der Waals surface area contributed by atoms with Crippen LogP contribution in [0.1, 0.15) is 23.6 Å². The Bertz CT molecular complexity index is 1380. The van der Waals surface area contributed by atoms with Gasteiger partial charge in [-0.3, -0.25) is 4.90 Å². The second-order valence-corrected chi connectivity index (χ2v) is 11.6. The molecule has 0 atom stereocenters. The number of ether oxygens (including phenoxy) is 5. The van der Waals surface area contributed by atoms with E-state index in [2.05, 4.69) is 23.2 Å². The topological polar surface area (TPSA) is 102 Å². The first-order valence-electron chi connectivity index (χ1n) is 14.7. The van der Waals surface area contributed by atoms with E-state index >= 15 is 0 Å². The van der Waals surface area contributed by atoms with Crippen molar-refractivity contribution in [3.8, 4) is 34.1 Å². The Morgan fingerprint density at radius 2 is 1.67 bits per heavy atom. The summed E-state index contributed by atoms with van der Waals surface area (Å²) in [6, 6.07) is 15.8. The van der Waals surface area contributed by atoms with Crippen molar-refractivity contribution in [2.75, 3.05) is 65.9 Å². The Morgan fingerprint density at radius 1 is 0.907 bits per heavy atom. The van der Waals surface area contributed by atoms with Gasteiger partial charge in [0.15, 0.2) is 11.5 Å². The molecule has 232 valence electrons. The van der Waals surface area contributed by atoms with Crippen LogP contribution < -0.4 is 24.3 Å². The lowest BCUT2D eigenvalue weighted by Gasteiger charge is -2.28. The highest BCUT2D eigenvalue weighted by Gasteiger charge is 2.23. The van der Waals surface area contributed by atoms with Crippen molar-refractivity contribution in [3.63, 3.8) is 0 Å². The molecular weight excluding hydrogens is 572 g/mol. The lowest BCUT2D eigenvalue weighted by molar-refractivity contribution is 0.0321. The van der Waals surface area contributed by atoms with Gasteiger partial charge in [0, 0.05) is 37.8 Å². The Morgan fingerprint density at radius 3 is 2.44 bits per heavy atom. The van der Waals surface area contributed by atoms with Crippen LogP contribution in [-0.4, -0.2) is 86.5 Å². The van der Waals surface area contributed by atoms with E-state index in [0.29, 0.717) is 49.5 Å². The van der Waals surface area contributed by atoms with Crippen molar-refractivity contribution < 1.29 is 33.9 Å². The number of nitrogens with zero attached hydrogens (tertiary/aromatic N) is 1. The summed E-state index contributed by atoms with van der Waals surface area (Å²) in [6.45, 7) is 9.65. The van der Waals surface area contributed by atoms with E-state index in [1.165, 1.54) is 0 Å². The average molecular weight is 613 g/mol.